The Kier molecular flexibility index (Phi) is 5.25. The number of likely N-dealkylation sites (tertiary alicyclic amines) is 1. The van der Waals surface area contributed by atoms with Crippen molar-refractivity contribution in [1.82, 2.24) is 14.7 Å². The van der Waals surface area contributed by atoms with E-state index in [2.05, 4.69) is 38.9 Å². The standard InChI is InChI=1S/C21H27N3O2/c1-14-9-15(2)12-23(11-14)21(26)13-24-20(25)8-7-19(22-24)18-6-5-16(3)17(4)10-18/h5-8,10,14-15H,9,11-13H2,1-4H3. The smallest absolute Gasteiger partial charge is 0.267 e. The highest BCUT2D eigenvalue weighted by atomic mass is 16.2. The minimum atomic E-state index is -0.246. The number of carbonyl (C=O) groups excluding carboxylic acids is 1. The van der Waals surface area contributed by atoms with E-state index >= 15 is 0 Å². The van der Waals surface area contributed by atoms with Crippen LogP contribution < -0.4 is 5.56 Å². The lowest BCUT2D eigenvalue weighted by Gasteiger charge is -2.35. The van der Waals surface area contributed by atoms with E-state index in [0.29, 0.717) is 17.5 Å². The molecule has 0 bridgehead atoms. The zero-order valence-corrected chi connectivity index (χ0v) is 16.0. The Bertz CT molecular complexity index is 862. The molecule has 0 radical (unpaired) electrons. The lowest BCUT2D eigenvalue weighted by molar-refractivity contribution is -0.134. The van der Waals surface area contributed by atoms with Crippen molar-refractivity contribution >= 4 is 5.91 Å². The summed E-state index contributed by atoms with van der Waals surface area (Å²) < 4.78 is 1.29. The predicted molar refractivity (Wildman–Crippen MR) is 103 cm³/mol. The first kappa shape index (κ1) is 18.4. The van der Waals surface area contributed by atoms with Gasteiger partial charge in [-0.2, -0.15) is 5.10 Å². The maximum absolute atomic E-state index is 12.7. The van der Waals surface area contributed by atoms with Crippen LogP contribution in [-0.2, 0) is 11.3 Å². The number of piperidine rings is 1. The van der Waals surface area contributed by atoms with Crippen LogP contribution in [0.5, 0.6) is 0 Å². The molecule has 0 N–H and O–H groups in total. The SMILES string of the molecule is Cc1ccc(-c2ccc(=O)n(CC(=O)N3CC(C)CC(C)C3)n2)cc1C. The summed E-state index contributed by atoms with van der Waals surface area (Å²) in [6.07, 6.45) is 1.14. The largest absolute Gasteiger partial charge is 0.341 e. The van der Waals surface area contributed by atoms with Gasteiger partial charge in [-0.05, 0) is 55.4 Å². The van der Waals surface area contributed by atoms with Crippen LogP contribution in [0.15, 0.2) is 35.1 Å². The van der Waals surface area contributed by atoms with Crippen LogP contribution in [0.25, 0.3) is 11.3 Å². The van der Waals surface area contributed by atoms with Crippen LogP contribution in [0.1, 0.15) is 31.4 Å². The van der Waals surface area contributed by atoms with Gasteiger partial charge in [-0.25, -0.2) is 4.68 Å². The number of hydrogen-bond acceptors (Lipinski definition) is 3. The summed E-state index contributed by atoms with van der Waals surface area (Å²) in [5.74, 6) is 0.957. The second-order valence-corrected chi connectivity index (χ2v) is 7.76. The second-order valence-electron chi connectivity index (χ2n) is 7.76. The molecule has 5 nitrogen and oxygen atoms in total. The first-order valence-electron chi connectivity index (χ1n) is 9.27. The first-order valence-corrected chi connectivity index (χ1v) is 9.27. The maximum atomic E-state index is 12.7. The molecule has 2 atom stereocenters. The van der Waals surface area contributed by atoms with Gasteiger partial charge in [0.25, 0.3) is 5.56 Å². The normalized spacial score (nSPS) is 20.2. The second kappa shape index (κ2) is 7.44. The molecule has 5 heteroatoms. The number of rotatable bonds is 3. The van der Waals surface area contributed by atoms with Gasteiger partial charge in [0.05, 0.1) is 5.69 Å². The molecule has 2 aromatic rings. The number of aryl methyl sites for hydroxylation is 2. The Labute approximate surface area is 154 Å². The van der Waals surface area contributed by atoms with Crippen LogP contribution in [0.4, 0.5) is 0 Å². The highest BCUT2D eigenvalue weighted by molar-refractivity contribution is 5.76. The molecular formula is C21H27N3O2. The average molecular weight is 353 g/mol. The summed E-state index contributed by atoms with van der Waals surface area (Å²) in [6, 6.07) is 9.31. The molecule has 138 valence electrons. The summed E-state index contributed by atoms with van der Waals surface area (Å²) in [7, 11) is 0. The topological polar surface area (TPSA) is 55.2 Å². The van der Waals surface area contributed by atoms with Crippen LogP contribution in [0.2, 0.25) is 0 Å². The number of hydrogen-bond donors (Lipinski definition) is 0. The molecule has 26 heavy (non-hydrogen) atoms. The van der Waals surface area contributed by atoms with E-state index in [1.54, 1.807) is 6.07 Å². The van der Waals surface area contributed by atoms with E-state index in [-0.39, 0.29) is 18.0 Å². The van der Waals surface area contributed by atoms with Crippen LogP contribution in [-0.4, -0.2) is 33.7 Å². The Morgan fingerprint density at radius 2 is 1.77 bits per heavy atom. The lowest BCUT2D eigenvalue weighted by atomic mass is 9.92. The Hall–Kier alpha value is -2.43. The van der Waals surface area contributed by atoms with Crippen molar-refractivity contribution < 1.29 is 4.79 Å². The van der Waals surface area contributed by atoms with Gasteiger partial charge in [-0.15, -0.1) is 0 Å². The molecule has 1 fully saturated rings. The van der Waals surface area contributed by atoms with E-state index in [9.17, 15) is 9.59 Å². The van der Waals surface area contributed by atoms with Gasteiger partial charge in [-0.1, -0.05) is 26.0 Å². The van der Waals surface area contributed by atoms with Crippen molar-refractivity contribution in [3.8, 4) is 11.3 Å². The van der Waals surface area contributed by atoms with Gasteiger partial charge in [0, 0.05) is 24.7 Å². The Balaban J connectivity index is 1.82. The molecule has 1 aromatic heterocycles. The lowest BCUT2D eigenvalue weighted by Crippen LogP contribution is -2.45. The predicted octanol–water partition coefficient (Wildman–Crippen LogP) is 3.03. The molecule has 0 saturated carbocycles. The van der Waals surface area contributed by atoms with Crippen molar-refractivity contribution in [1.29, 1.82) is 0 Å². The van der Waals surface area contributed by atoms with Gasteiger partial charge in [0.1, 0.15) is 6.54 Å². The zero-order chi connectivity index (χ0) is 18.8. The number of benzene rings is 1. The molecule has 3 rings (SSSR count). The molecule has 1 aliphatic heterocycles. The molecular weight excluding hydrogens is 326 g/mol. The minimum absolute atomic E-state index is 0.00302. The third kappa shape index (κ3) is 4.03. The molecule has 1 amide bonds. The molecule has 1 saturated heterocycles. The van der Waals surface area contributed by atoms with Crippen LogP contribution in [0.3, 0.4) is 0 Å². The molecule has 2 heterocycles. The zero-order valence-electron chi connectivity index (χ0n) is 16.0. The number of aromatic nitrogens is 2. The Morgan fingerprint density at radius 1 is 1.08 bits per heavy atom. The van der Waals surface area contributed by atoms with Crippen molar-refractivity contribution in [2.75, 3.05) is 13.1 Å². The minimum Gasteiger partial charge on any atom is -0.341 e. The third-order valence-corrected chi connectivity index (χ3v) is 5.18. The summed E-state index contributed by atoms with van der Waals surface area (Å²) >= 11 is 0. The first-order chi connectivity index (χ1) is 12.3. The highest BCUT2D eigenvalue weighted by Gasteiger charge is 2.25. The maximum Gasteiger partial charge on any atom is 0.267 e. The van der Waals surface area contributed by atoms with Crippen LogP contribution >= 0.6 is 0 Å². The monoisotopic (exact) mass is 353 g/mol. The molecule has 0 aliphatic carbocycles. The summed E-state index contributed by atoms with van der Waals surface area (Å²) in [5, 5.41) is 4.44. The fourth-order valence-corrected chi connectivity index (χ4v) is 3.71. The number of nitrogens with zero attached hydrogens (tertiary/aromatic N) is 3. The molecule has 1 aliphatic rings. The fourth-order valence-electron chi connectivity index (χ4n) is 3.71. The van der Waals surface area contributed by atoms with Gasteiger partial charge in [-0.3, -0.25) is 9.59 Å². The van der Waals surface area contributed by atoms with E-state index in [0.717, 1.165) is 25.1 Å². The Morgan fingerprint density at radius 3 is 2.42 bits per heavy atom. The summed E-state index contributed by atoms with van der Waals surface area (Å²) in [5.41, 5.74) is 3.81. The third-order valence-electron chi connectivity index (χ3n) is 5.18. The van der Waals surface area contributed by atoms with Crippen LogP contribution in [0, 0.1) is 25.7 Å². The van der Waals surface area contributed by atoms with E-state index in [4.69, 9.17) is 0 Å². The summed E-state index contributed by atoms with van der Waals surface area (Å²) in [4.78, 5) is 26.8. The average Bonchev–Trinajstić information content (AvgIpc) is 2.58. The van der Waals surface area contributed by atoms with Crippen molar-refractivity contribution in [3.05, 3.63) is 51.8 Å². The van der Waals surface area contributed by atoms with Crippen molar-refractivity contribution in [2.24, 2.45) is 11.8 Å². The summed E-state index contributed by atoms with van der Waals surface area (Å²) in [6.45, 7) is 9.96. The van der Waals surface area contributed by atoms with Gasteiger partial charge in [0.2, 0.25) is 5.91 Å². The quantitative estimate of drug-likeness (QED) is 0.852. The van der Waals surface area contributed by atoms with E-state index < -0.39 is 0 Å². The van der Waals surface area contributed by atoms with E-state index in [1.165, 1.54) is 21.9 Å². The molecule has 1 aromatic carbocycles. The number of amides is 1. The van der Waals surface area contributed by atoms with Gasteiger partial charge < -0.3 is 4.90 Å². The van der Waals surface area contributed by atoms with Crippen molar-refractivity contribution in [2.45, 2.75) is 40.7 Å². The van der Waals surface area contributed by atoms with Crippen molar-refractivity contribution in [3.63, 3.8) is 0 Å². The van der Waals surface area contributed by atoms with E-state index in [1.807, 2.05) is 17.0 Å². The molecule has 0 spiro atoms. The van der Waals surface area contributed by atoms with Gasteiger partial charge in [0.15, 0.2) is 0 Å². The number of carbonyl (C=O) groups is 1. The fraction of sp³-hybridized carbons (Fsp3) is 0.476. The van der Waals surface area contributed by atoms with Gasteiger partial charge >= 0.3 is 0 Å². The highest BCUT2D eigenvalue weighted by Crippen LogP contribution is 2.21. The molecule has 2 unspecified atom stereocenters.